The molecule has 1 fully saturated rings. The van der Waals surface area contributed by atoms with Crippen molar-refractivity contribution >= 4 is 90.4 Å². The smallest absolute Gasteiger partial charge is 0.297 e. The van der Waals surface area contributed by atoms with Crippen molar-refractivity contribution in [3.8, 4) is 5.75 Å². The van der Waals surface area contributed by atoms with Crippen LogP contribution in [0.4, 0.5) is 28.7 Å². The number of phenols is 1. The molecule has 21 nitrogen and oxygen atoms in total. The lowest BCUT2D eigenvalue weighted by atomic mass is 10.1. The lowest BCUT2D eigenvalue weighted by Gasteiger charge is -2.26. The van der Waals surface area contributed by atoms with Crippen molar-refractivity contribution in [3.63, 3.8) is 0 Å². The predicted molar refractivity (Wildman–Crippen MR) is 213 cm³/mol. The molecule has 6 aromatic rings. The number of nitrogens with zero attached hydrogens (tertiary/aromatic N) is 6. The zero-order valence-electron chi connectivity index (χ0n) is 30.4. The first-order chi connectivity index (χ1) is 28.2. The number of hydrogen-bond acceptors (Lipinski definition) is 16. The number of phenolic OH excluding ortho intramolecular Hbond substituents is 1. The Kier molecular flexibility index (Phi) is 11.0. The van der Waals surface area contributed by atoms with Crippen molar-refractivity contribution in [2.75, 3.05) is 31.2 Å². The minimum Gasteiger partial charge on any atom is -0.505 e. The van der Waals surface area contributed by atoms with Crippen molar-refractivity contribution in [3.05, 3.63) is 102 Å². The summed E-state index contributed by atoms with van der Waals surface area (Å²) in [5.74, 6) is -0.914. The Bertz CT molecular complexity index is 3400. The zero-order chi connectivity index (χ0) is 43.2. The van der Waals surface area contributed by atoms with Gasteiger partial charge in [0.05, 0.1) is 39.8 Å². The molecule has 0 bridgehead atoms. The van der Waals surface area contributed by atoms with Crippen LogP contribution in [0.25, 0.3) is 21.5 Å². The van der Waals surface area contributed by atoms with Gasteiger partial charge in [0, 0.05) is 23.9 Å². The second-order valence-corrected chi connectivity index (χ2v) is 18.8. The van der Waals surface area contributed by atoms with Crippen molar-refractivity contribution in [2.24, 2.45) is 20.2 Å². The fraction of sp³-hybridized carbons (Fsp3) is 0.114. The first kappa shape index (κ1) is 42.0. The molecule has 0 atom stereocenters. The van der Waals surface area contributed by atoms with E-state index >= 15 is 0 Å². The molecule has 6 N–H and O–H groups in total. The minimum absolute atomic E-state index is 0.0231. The summed E-state index contributed by atoms with van der Waals surface area (Å²) >= 11 is 0. The van der Waals surface area contributed by atoms with Crippen molar-refractivity contribution in [2.45, 2.75) is 19.6 Å². The van der Waals surface area contributed by atoms with Crippen molar-refractivity contribution in [1.29, 1.82) is 0 Å². The number of sulfone groups is 1. The van der Waals surface area contributed by atoms with Gasteiger partial charge in [-0.2, -0.15) is 30.2 Å². The van der Waals surface area contributed by atoms with Crippen LogP contribution in [-0.4, -0.2) is 93.7 Å². The van der Waals surface area contributed by atoms with Crippen LogP contribution < -0.4 is 16.1 Å². The average Bonchev–Trinajstić information content (AvgIpc) is 3.19. The van der Waals surface area contributed by atoms with Gasteiger partial charge in [0.15, 0.2) is 15.6 Å². The van der Waals surface area contributed by atoms with E-state index in [2.05, 4.69) is 41.7 Å². The number of azo groups is 1. The predicted octanol–water partition coefficient (Wildman–Crippen LogP) is 4.12. The highest BCUT2D eigenvalue weighted by Crippen LogP contribution is 2.46. The van der Waals surface area contributed by atoms with Gasteiger partial charge in [-0.3, -0.25) is 23.6 Å². The maximum atomic E-state index is 12.7. The molecule has 0 saturated carbocycles. The Balaban J connectivity index is 1.51. The second-order valence-electron chi connectivity index (χ2n) is 12.8. The highest BCUT2D eigenvalue weighted by Gasteiger charge is 2.27. The molecule has 0 amide bonds. The molecule has 1 aliphatic rings. The van der Waals surface area contributed by atoms with Crippen LogP contribution in [0.15, 0.2) is 131 Å². The van der Waals surface area contributed by atoms with Crippen molar-refractivity contribution < 1.29 is 57.2 Å². The Morgan fingerprint density at radius 2 is 1.47 bits per heavy atom. The van der Waals surface area contributed by atoms with Crippen LogP contribution in [0.3, 0.4) is 0 Å². The monoisotopic (exact) mass is 898 g/mol. The maximum absolute atomic E-state index is 12.7. The number of hydrogen-bond donors (Lipinski definition) is 6. The van der Waals surface area contributed by atoms with Crippen LogP contribution in [0, 0.1) is 0 Å². The molecule has 60 heavy (non-hydrogen) atoms. The van der Waals surface area contributed by atoms with E-state index in [0.29, 0.717) is 37.8 Å². The fourth-order valence-corrected chi connectivity index (χ4v) is 8.93. The summed E-state index contributed by atoms with van der Waals surface area (Å²) in [6.07, 6.45) is 0. The molecule has 0 radical (unpaired) electrons. The zero-order valence-corrected chi connectivity index (χ0v) is 33.7. The summed E-state index contributed by atoms with van der Waals surface area (Å²) in [6, 6.07) is 16.4. The molecule has 5 aromatic carbocycles. The standard InChI is InChI=1S/C35H30N8O13S4/c1-2-57(45,46)23-8-5-7-22(18-23)36-33-38-34(40-35(39-33)43-12-14-56-15-13-43)37-27-19-24(58(47,48)49)16-21-17-28(59(50,51)52)30(31(44)29(21)27)42-41-26-11-10-20-6-3-4-9-25(20)32(26)60(53,54)55/h2-11,16-19,44H,1,12-15H2,(H,47,48,49)(H,50,51,52)(H,53,54,55)(H2,36,37,38,39,40). The molecule has 0 aliphatic carbocycles. The van der Waals surface area contributed by atoms with Crippen LogP contribution in [0.1, 0.15) is 0 Å². The number of H-pyrrole nitrogens is 2. The summed E-state index contributed by atoms with van der Waals surface area (Å²) in [5.41, 5.74) is -2.18. The number of morpholine rings is 1. The quantitative estimate of drug-likeness (QED) is 0.0832. The Labute approximate surface area is 340 Å². The number of aromatic amines is 2. The molecular formula is C35H30N8O13S4. The normalized spacial score (nSPS) is 15.0. The number of fused-ring (bicyclic) bond motifs is 2. The maximum Gasteiger partial charge on any atom is 0.297 e. The summed E-state index contributed by atoms with van der Waals surface area (Å²) < 4.78 is 136. The third-order valence-corrected chi connectivity index (χ3v) is 12.9. The van der Waals surface area contributed by atoms with Gasteiger partial charge in [-0.1, -0.05) is 43.0 Å². The molecule has 0 unspecified atom stereocenters. The van der Waals surface area contributed by atoms with Crippen LogP contribution in [-0.2, 0) is 44.9 Å². The lowest BCUT2D eigenvalue weighted by molar-refractivity contribution is 0.122. The van der Waals surface area contributed by atoms with E-state index in [4.69, 9.17) is 4.74 Å². The molecule has 1 saturated heterocycles. The Morgan fingerprint density at radius 3 is 2.15 bits per heavy atom. The first-order valence-electron chi connectivity index (χ1n) is 17.0. The highest BCUT2D eigenvalue weighted by atomic mass is 32.2. The highest BCUT2D eigenvalue weighted by molar-refractivity contribution is 7.94. The van der Waals surface area contributed by atoms with Crippen LogP contribution in [0.2, 0.25) is 0 Å². The molecule has 1 aliphatic heterocycles. The first-order valence-corrected chi connectivity index (χ1v) is 22.9. The van der Waals surface area contributed by atoms with Gasteiger partial charge in [-0.05, 0) is 53.2 Å². The number of benzene rings is 5. The lowest BCUT2D eigenvalue weighted by Crippen LogP contribution is -2.40. The molecule has 0 spiro atoms. The van der Waals surface area contributed by atoms with Crippen LogP contribution >= 0.6 is 0 Å². The number of rotatable bonds is 10. The van der Waals surface area contributed by atoms with Gasteiger partial charge in [0.2, 0.25) is 17.2 Å². The van der Waals surface area contributed by atoms with E-state index < -0.39 is 88.5 Å². The van der Waals surface area contributed by atoms with E-state index in [0.717, 1.165) is 23.6 Å². The summed E-state index contributed by atoms with van der Waals surface area (Å²) in [6.45, 7) is 4.62. The number of anilines is 1. The molecule has 1 aromatic heterocycles. The third-order valence-electron chi connectivity index (χ3n) is 8.87. The molecule has 7 rings (SSSR count). The van der Waals surface area contributed by atoms with Gasteiger partial charge in [-0.25, -0.2) is 18.4 Å². The van der Waals surface area contributed by atoms with Crippen molar-refractivity contribution in [1.82, 2.24) is 15.0 Å². The van der Waals surface area contributed by atoms with Gasteiger partial charge in [-0.15, -0.1) is 10.2 Å². The SMILES string of the molecule is C=CS(=O)(=O)c1cccc(N=c2nc(N3CCOCC3)[nH]c(=Nc3cc(S(=O)(=O)O)cc4cc(S(=O)(=O)O)c(N=Nc5ccc6ccccc6c5S(=O)(=O)O)c(O)c34)[nH]2)c1. The average molecular weight is 899 g/mol. The second kappa shape index (κ2) is 15.8. The molecular weight excluding hydrogens is 869 g/mol. The Morgan fingerprint density at radius 1 is 0.733 bits per heavy atom. The number of ether oxygens (including phenoxy) is 1. The van der Waals surface area contributed by atoms with Gasteiger partial charge in [0.1, 0.15) is 21.2 Å². The van der Waals surface area contributed by atoms with Crippen LogP contribution in [0.5, 0.6) is 5.75 Å². The van der Waals surface area contributed by atoms with Gasteiger partial charge >= 0.3 is 0 Å². The number of aromatic nitrogens is 3. The molecule has 312 valence electrons. The minimum atomic E-state index is -5.33. The van der Waals surface area contributed by atoms with E-state index in [1.807, 2.05) is 0 Å². The fourth-order valence-electron chi connectivity index (χ4n) is 6.16. The Hall–Kier alpha value is -6.19. The topological polar surface area (TPSA) is 324 Å². The molecule has 25 heteroatoms. The third kappa shape index (κ3) is 8.73. The van der Waals surface area contributed by atoms with Gasteiger partial charge in [0.25, 0.3) is 30.4 Å². The van der Waals surface area contributed by atoms with E-state index in [1.165, 1.54) is 42.5 Å². The van der Waals surface area contributed by atoms with E-state index in [1.54, 1.807) is 17.0 Å². The number of aromatic hydroxyl groups is 1. The van der Waals surface area contributed by atoms with E-state index in [9.17, 15) is 52.4 Å². The number of nitrogens with one attached hydrogen (secondary N) is 2. The largest absolute Gasteiger partial charge is 0.505 e. The molecule has 2 heterocycles. The summed E-state index contributed by atoms with van der Waals surface area (Å²) in [7, 11) is -19.2. The van der Waals surface area contributed by atoms with Gasteiger partial charge < -0.3 is 14.7 Å². The summed E-state index contributed by atoms with van der Waals surface area (Å²) in [5, 5.41) is 19.7. The summed E-state index contributed by atoms with van der Waals surface area (Å²) in [4.78, 5) is 18.1. The van der Waals surface area contributed by atoms with E-state index in [-0.39, 0.29) is 33.2 Å².